The molecule has 0 spiro atoms. The lowest BCUT2D eigenvalue weighted by Crippen LogP contribution is -1.84. The molecule has 0 saturated carbocycles. The van der Waals surface area contributed by atoms with E-state index in [0.29, 0.717) is 0 Å². The molecule has 0 aliphatic rings. The summed E-state index contributed by atoms with van der Waals surface area (Å²) in [5.74, 6) is 0.913. The first-order valence-electron chi connectivity index (χ1n) is 4.07. The van der Waals surface area contributed by atoms with Gasteiger partial charge >= 0.3 is 0 Å². The molecule has 0 bridgehead atoms. The van der Waals surface area contributed by atoms with Crippen LogP contribution in [0.4, 0.5) is 0 Å². The maximum atomic E-state index is 4.20. The van der Waals surface area contributed by atoms with Crippen LogP contribution in [-0.2, 0) is 6.42 Å². The summed E-state index contributed by atoms with van der Waals surface area (Å²) >= 11 is 4.20. The molecule has 1 N–H and O–H groups in total. The zero-order chi connectivity index (χ0) is 8.39. The molecule has 0 aliphatic carbocycles. The molecule has 0 aliphatic heterocycles. The number of aryl methyl sites for hydroxylation is 1. The van der Waals surface area contributed by atoms with Crippen molar-refractivity contribution in [2.24, 2.45) is 0 Å². The first-order valence-corrected chi connectivity index (χ1v) is 4.70. The van der Waals surface area contributed by atoms with E-state index in [2.05, 4.69) is 41.9 Å². The highest BCUT2D eigenvalue weighted by Gasteiger charge is 1.95. The van der Waals surface area contributed by atoms with Gasteiger partial charge in [-0.05, 0) is 41.3 Å². The van der Waals surface area contributed by atoms with Crippen molar-refractivity contribution in [2.75, 3.05) is 5.75 Å². The second-order valence-corrected chi connectivity index (χ2v) is 3.32. The molecule has 2 heteroatoms. The predicted molar refractivity (Wildman–Crippen MR) is 55.9 cm³/mol. The molecule has 0 atom stereocenters. The number of benzene rings is 1. The second kappa shape index (κ2) is 3.23. The van der Waals surface area contributed by atoms with Crippen molar-refractivity contribution in [3.05, 3.63) is 36.0 Å². The van der Waals surface area contributed by atoms with Crippen LogP contribution in [0.25, 0.3) is 10.9 Å². The lowest BCUT2D eigenvalue weighted by molar-refractivity contribution is 1.17. The van der Waals surface area contributed by atoms with Gasteiger partial charge in [0.1, 0.15) is 0 Å². The van der Waals surface area contributed by atoms with E-state index in [1.165, 1.54) is 16.5 Å². The minimum absolute atomic E-state index is 0.913. The Hall–Kier alpha value is -0.890. The van der Waals surface area contributed by atoms with Gasteiger partial charge in [-0.3, -0.25) is 0 Å². The van der Waals surface area contributed by atoms with Gasteiger partial charge in [0.2, 0.25) is 0 Å². The maximum absolute atomic E-state index is 4.20. The highest BCUT2D eigenvalue weighted by molar-refractivity contribution is 7.80. The van der Waals surface area contributed by atoms with Crippen LogP contribution in [0.2, 0.25) is 0 Å². The fourth-order valence-electron chi connectivity index (χ4n) is 1.39. The second-order valence-electron chi connectivity index (χ2n) is 2.87. The zero-order valence-electron chi connectivity index (χ0n) is 6.75. The molecule has 1 aromatic heterocycles. The largest absolute Gasteiger partial charge is 0.361 e. The highest BCUT2D eigenvalue weighted by atomic mass is 32.1. The minimum atomic E-state index is 0.913. The fourth-order valence-corrected chi connectivity index (χ4v) is 1.65. The minimum Gasteiger partial charge on any atom is -0.361 e. The molecule has 1 nitrogen and oxygen atoms in total. The Morgan fingerprint density at radius 1 is 1.25 bits per heavy atom. The van der Waals surface area contributed by atoms with Crippen molar-refractivity contribution in [3.63, 3.8) is 0 Å². The third kappa shape index (κ3) is 1.34. The molecular formula is C10H11NS. The number of thiol groups is 1. The van der Waals surface area contributed by atoms with Crippen molar-refractivity contribution < 1.29 is 0 Å². The number of nitrogens with one attached hydrogen (secondary N) is 1. The Balaban J connectivity index is 2.46. The monoisotopic (exact) mass is 177 g/mol. The number of rotatable bonds is 2. The highest BCUT2D eigenvalue weighted by Crippen LogP contribution is 2.14. The summed E-state index contributed by atoms with van der Waals surface area (Å²) < 4.78 is 0. The molecule has 62 valence electrons. The zero-order valence-corrected chi connectivity index (χ0v) is 7.64. The lowest BCUT2D eigenvalue weighted by Gasteiger charge is -1.97. The maximum Gasteiger partial charge on any atom is 0.0454 e. The van der Waals surface area contributed by atoms with E-state index in [4.69, 9.17) is 0 Å². The Morgan fingerprint density at radius 3 is 3.00 bits per heavy atom. The first kappa shape index (κ1) is 7.74. The fraction of sp³-hybridized carbons (Fsp3) is 0.200. The topological polar surface area (TPSA) is 15.8 Å². The summed E-state index contributed by atoms with van der Waals surface area (Å²) in [6.45, 7) is 0. The number of H-pyrrole nitrogens is 1. The van der Waals surface area contributed by atoms with Gasteiger partial charge < -0.3 is 4.98 Å². The van der Waals surface area contributed by atoms with Gasteiger partial charge in [-0.1, -0.05) is 6.07 Å². The summed E-state index contributed by atoms with van der Waals surface area (Å²) in [6.07, 6.45) is 3.01. The smallest absolute Gasteiger partial charge is 0.0454 e. The SMILES string of the molecule is SCCc1ccc2[nH]ccc2c1. The molecule has 1 heterocycles. The summed E-state index contributed by atoms with van der Waals surface area (Å²) in [7, 11) is 0. The molecule has 2 aromatic rings. The van der Waals surface area contributed by atoms with E-state index in [0.717, 1.165) is 12.2 Å². The van der Waals surface area contributed by atoms with Gasteiger partial charge in [0.25, 0.3) is 0 Å². The Morgan fingerprint density at radius 2 is 2.17 bits per heavy atom. The molecule has 1 aromatic carbocycles. The van der Waals surface area contributed by atoms with E-state index < -0.39 is 0 Å². The molecular weight excluding hydrogens is 166 g/mol. The molecule has 0 saturated heterocycles. The summed E-state index contributed by atoms with van der Waals surface area (Å²) in [5.41, 5.74) is 2.56. The molecule has 2 rings (SSSR count). The molecule has 0 unspecified atom stereocenters. The van der Waals surface area contributed by atoms with E-state index in [1.54, 1.807) is 0 Å². The lowest BCUT2D eigenvalue weighted by atomic mass is 10.1. The molecule has 0 fully saturated rings. The van der Waals surface area contributed by atoms with Gasteiger partial charge in [0.15, 0.2) is 0 Å². The van der Waals surface area contributed by atoms with Crippen LogP contribution < -0.4 is 0 Å². The molecule has 0 radical (unpaired) electrons. The summed E-state index contributed by atoms with van der Waals surface area (Å²) in [5, 5.41) is 1.29. The van der Waals surface area contributed by atoms with Crippen LogP contribution in [0.3, 0.4) is 0 Å². The first-order chi connectivity index (χ1) is 5.90. The van der Waals surface area contributed by atoms with E-state index in [-0.39, 0.29) is 0 Å². The van der Waals surface area contributed by atoms with Crippen molar-refractivity contribution >= 4 is 23.5 Å². The van der Waals surface area contributed by atoms with Crippen LogP contribution in [-0.4, -0.2) is 10.7 Å². The number of fused-ring (bicyclic) bond motifs is 1. The van der Waals surface area contributed by atoms with Gasteiger partial charge in [-0.25, -0.2) is 0 Å². The number of hydrogen-bond acceptors (Lipinski definition) is 1. The van der Waals surface area contributed by atoms with Crippen molar-refractivity contribution in [3.8, 4) is 0 Å². The van der Waals surface area contributed by atoms with Gasteiger partial charge in [0.05, 0.1) is 0 Å². The molecule has 12 heavy (non-hydrogen) atoms. The van der Waals surface area contributed by atoms with E-state index in [9.17, 15) is 0 Å². The van der Waals surface area contributed by atoms with Crippen LogP contribution in [0.5, 0.6) is 0 Å². The number of hydrogen-bond donors (Lipinski definition) is 2. The van der Waals surface area contributed by atoms with E-state index >= 15 is 0 Å². The quantitative estimate of drug-likeness (QED) is 0.656. The third-order valence-electron chi connectivity index (χ3n) is 2.02. The van der Waals surface area contributed by atoms with Crippen LogP contribution in [0, 0.1) is 0 Å². The normalized spacial score (nSPS) is 10.8. The van der Waals surface area contributed by atoms with Gasteiger partial charge in [0, 0.05) is 11.7 Å². The Labute approximate surface area is 77.2 Å². The van der Waals surface area contributed by atoms with Crippen LogP contribution in [0.15, 0.2) is 30.5 Å². The van der Waals surface area contributed by atoms with E-state index in [1.807, 2.05) is 6.20 Å². The summed E-state index contributed by atoms with van der Waals surface area (Å²) in [6, 6.07) is 8.57. The Kier molecular flexibility index (Phi) is 2.09. The third-order valence-corrected chi connectivity index (χ3v) is 2.24. The number of aromatic nitrogens is 1. The number of aromatic amines is 1. The standard InChI is InChI=1S/C10H11NS/c12-6-4-8-1-2-10-9(7-8)3-5-11-10/h1-3,5,7,11-12H,4,6H2. The van der Waals surface area contributed by atoms with Crippen molar-refractivity contribution in [1.82, 2.24) is 4.98 Å². The predicted octanol–water partition coefficient (Wildman–Crippen LogP) is 2.64. The average molecular weight is 177 g/mol. The summed E-state index contributed by atoms with van der Waals surface area (Å²) in [4.78, 5) is 3.17. The van der Waals surface area contributed by atoms with Crippen LogP contribution in [0.1, 0.15) is 5.56 Å². The van der Waals surface area contributed by atoms with Gasteiger partial charge in [-0.2, -0.15) is 12.6 Å². The molecule has 0 amide bonds. The van der Waals surface area contributed by atoms with Crippen LogP contribution >= 0.6 is 12.6 Å². The van der Waals surface area contributed by atoms with Crippen molar-refractivity contribution in [2.45, 2.75) is 6.42 Å². The average Bonchev–Trinajstić information content (AvgIpc) is 2.51. The van der Waals surface area contributed by atoms with Gasteiger partial charge in [-0.15, -0.1) is 0 Å². The van der Waals surface area contributed by atoms with Crippen molar-refractivity contribution in [1.29, 1.82) is 0 Å². The Bertz CT molecular complexity index is 378.